The van der Waals surface area contributed by atoms with Crippen LogP contribution in [0, 0.1) is 0 Å². The van der Waals surface area contributed by atoms with Crippen molar-refractivity contribution in [1.29, 1.82) is 0 Å². The van der Waals surface area contributed by atoms with Crippen molar-refractivity contribution in [3.63, 3.8) is 0 Å². The fraction of sp³-hybridized carbons (Fsp3) is 0.700. The minimum absolute atomic E-state index is 0.742. The Bertz CT molecular complexity index is 627. The zero-order valence-electron chi connectivity index (χ0n) is 18.7. The van der Waals surface area contributed by atoms with Crippen LogP contribution >= 0.6 is 0 Å². The van der Waals surface area contributed by atoms with E-state index in [-0.39, 0.29) is 0 Å². The first-order valence-electron chi connectivity index (χ1n) is 10.1. The zero-order valence-corrected chi connectivity index (χ0v) is 22.7. The van der Waals surface area contributed by atoms with E-state index in [0.29, 0.717) is 0 Å². The highest BCUT2D eigenvalue weighted by Crippen LogP contribution is 2.47. The van der Waals surface area contributed by atoms with E-state index in [1.54, 1.807) is 5.19 Å². The van der Waals surface area contributed by atoms with Crippen LogP contribution in [0.2, 0.25) is 63.7 Å². The van der Waals surface area contributed by atoms with Gasteiger partial charge in [-0.25, -0.2) is 0 Å². The molecule has 0 aliphatic carbocycles. The number of benzene rings is 1. The second kappa shape index (κ2) is 7.44. The minimum atomic E-state index is -2.07. The molecule has 0 amide bonds. The van der Waals surface area contributed by atoms with Crippen LogP contribution in [0.3, 0.4) is 0 Å². The van der Waals surface area contributed by atoms with Crippen LogP contribution in [-0.2, 0) is 22.4 Å². The van der Waals surface area contributed by atoms with Gasteiger partial charge in [-0.3, -0.25) is 0 Å². The molecular formula is C20H40O2Si4. The molecule has 6 heteroatoms. The molecular weight excluding hydrogens is 385 g/mol. The molecule has 0 radical (unpaired) electrons. The quantitative estimate of drug-likeness (QED) is 0.542. The average molecular weight is 425 g/mol. The summed E-state index contributed by atoms with van der Waals surface area (Å²) in [5.41, 5.74) is 2.90. The molecule has 0 N–H and O–H groups in total. The van der Waals surface area contributed by atoms with Crippen molar-refractivity contribution in [3.05, 3.63) is 29.3 Å². The lowest BCUT2D eigenvalue weighted by atomic mass is 10.1. The Morgan fingerprint density at radius 2 is 1.58 bits per heavy atom. The van der Waals surface area contributed by atoms with Gasteiger partial charge in [-0.05, 0) is 28.0 Å². The second-order valence-corrected chi connectivity index (χ2v) is 37.4. The molecule has 2 nitrogen and oxygen atoms in total. The summed E-state index contributed by atoms with van der Waals surface area (Å²) in [7, 11) is -6.41. The summed E-state index contributed by atoms with van der Waals surface area (Å²) in [6.45, 7) is 27.8. The van der Waals surface area contributed by atoms with Crippen LogP contribution in [-0.4, -0.2) is 38.2 Å². The Kier molecular flexibility index (Phi) is 6.38. The van der Waals surface area contributed by atoms with Crippen molar-refractivity contribution in [3.8, 4) is 0 Å². The maximum atomic E-state index is 7.13. The normalized spacial score (nSPS) is 21.3. The van der Waals surface area contributed by atoms with Crippen LogP contribution in [0.5, 0.6) is 0 Å². The molecule has 1 aromatic rings. The van der Waals surface area contributed by atoms with Crippen molar-refractivity contribution in [2.24, 2.45) is 0 Å². The molecule has 2 rings (SSSR count). The molecule has 0 bridgehead atoms. The summed E-state index contributed by atoms with van der Waals surface area (Å²) >= 11 is 0. The van der Waals surface area contributed by atoms with Gasteiger partial charge in [-0.1, -0.05) is 77.1 Å². The van der Waals surface area contributed by atoms with Crippen LogP contribution in [0.25, 0.3) is 0 Å². The fourth-order valence-electron chi connectivity index (χ4n) is 5.62. The Labute approximate surface area is 165 Å². The molecule has 0 fully saturated rings. The lowest BCUT2D eigenvalue weighted by Crippen LogP contribution is -2.76. The highest BCUT2D eigenvalue weighted by molar-refractivity contribution is 7.49. The second-order valence-electron chi connectivity index (χ2n) is 11.0. The van der Waals surface area contributed by atoms with Gasteiger partial charge in [0.1, 0.15) is 0 Å². The van der Waals surface area contributed by atoms with E-state index in [2.05, 4.69) is 84.0 Å². The van der Waals surface area contributed by atoms with Gasteiger partial charge in [0.2, 0.25) is 7.83 Å². The molecule has 0 spiro atoms. The largest absolute Gasteiger partial charge is 0.411 e. The Balaban J connectivity index is 2.81. The third kappa shape index (κ3) is 3.91. The maximum Gasteiger partial charge on any atom is 0.208 e. The standard InChI is InChI=1S/C20H40O2Si4/c1-11-21-15-17-13-12-14-18-16-22-26(19(17)18,25(8,9)10)20(23(2,3)4)24(5,6)7/h12-14,20H,11,15-16H2,1-10H3. The van der Waals surface area contributed by atoms with Gasteiger partial charge in [-0.15, -0.1) is 0 Å². The van der Waals surface area contributed by atoms with Gasteiger partial charge in [0.05, 0.1) is 20.8 Å². The van der Waals surface area contributed by atoms with Gasteiger partial charge in [-0.2, -0.15) is 0 Å². The van der Waals surface area contributed by atoms with Gasteiger partial charge in [0.15, 0.2) is 0 Å². The molecule has 0 saturated carbocycles. The number of fused-ring (bicyclic) bond motifs is 1. The highest BCUT2D eigenvalue weighted by Gasteiger charge is 2.64. The van der Waals surface area contributed by atoms with E-state index in [1.165, 1.54) is 11.1 Å². The number of rotatable bonds is 7. The first-order valence-corrected chi connectivity index (χ1v) is 23.7. The van der Waals surface area contributed by atoms with Crippen molar-refractivity contribution >= 4 is 36.8 Å². The summed E-state index contributed by atoms with van der Waals surface area (Å²) < 4.78 is 13.0. The molecule has 148 valence electrons. The number of hydrogen-bond acceptors (Lipinski definition) is 2. The SMILES string of the molecule is CCOCc1cccc2c1[Si](C([Si](C)(C)C)[Si](C)(C)C)([Si](C)(C)C)OC2. The summed E-state index contributed by atoms with van der Waals surface area (Å²) in [6.07, 6.45) is 0. The third-order valence-corrected chi connectivity index (χ3v) is 37.6. The molecule has 26 heavy (non-hydrogen) atoms. The predicted molar refractivity (Wildman–Crippen MR) is 126 cm³/mol. The van der Waals surface area contributed by atoms with E-state index in [9.17, 15) is 0 Å². The van der Waals surface area contributed by atoms with Crippen molar-refractivity contribution in [2.45, 2.75) is 83.8 Å². The number of hydrogen-bond donors (Lipinski definition) is 0. The lowest BCUT2D eigenvalue weighted by molar-refractivity contribution is 0.134. The van der Waals surface area contributed by atoms with E-state index in [0.717, 1.165) is 24.6 Å². The zero-order chi connectivity index (χ0) is 20.0. The highest BCUT2D eigenvalue weighted by atomic mass is 29.3. The van der Waals surface area contributed by atoms with Crippen LogP contribution in [0.1, 0.15) is 18.1 Å². The molecule has 1 unspecified atom stereocenters. The Morgan fingerprint density at radius 3 is 2.04 bits per heavy atom. The number of ether oxygens (including phenoxy) is 1. The van der Waals surface area contributed by atoms with E-state index >= 15 is 0 Å². The first kappa shape index (κ1) is 22.3. The first-order chi connectivity index (χ1) is 11.8. The van der Waals surface area contributed by atoms with E-state index < -0.39 is 31.6 Å². The molecule has 1 aromatic carbocycles. The van der Waals surface area contributed by atoms with Gasteiger partial charge >= 0.3 is 0 Å². The summed E-state index contributed by atoms with van der Waals surface area (Å²) in [6, 6.07) is 6.85. The monoisotopic (exact) mass is 424 g/mol. The molecule has 1 aliphatic rings. The van der Waals surface area contributed by atoms with Crippen LogP contribution in [0.15, 0.2) is 18.2 Å². The molecule has 1 heterocycles. The minimum Gasteiger partial charge on any atom is -0.411 e. The summed E-state index contributed by atoms with van der Waals surface area (Å²) in [4.78, 5) is 0.832. The Morgan fingerprint density at radius 1 is 1.00 bits per heavy atom. The topological polar surface area (TPSA) is 18.5 Å². The summed E-state index contributed by atoms with van der Waals surface area (Å²) in [5.74, 6) is 0. The molecule has 1 atom stereocenters. The van der Waals surface area contributed by atoms with Crippen LogP contribution in [0.4, 0.5) is 0 Å². The van der Waals surface area contributed by atoms with E-state index in [1.807, 2.05) is 0 Å². The van der Waals surface area contributed by atoms with Gasteiger partial charge in [0, 0.05) is 22.8 Å². The van der Waals surface area contributed by atoms with Gasteiger partial charge < -0.3 is 9.16 Å². The smallest absolute Gasteiger partial charge is 0.208 e. The predicted octanol–water partition coefficient (Wildman–Crippen LogP) is 5.45. The third-order valence-electron chi connectivity index (χ3n) is 5.78. The maximum absolute atomic E-state index is 7.13. The van der Waals surface area contributed by atoms with Crippen molar-refractivity contribution in [2.75, 3.05) is 6.61 Å². The fourth-order valence-corrected chi connectivity index (χ4v) is 54.3. The average Bonchev–Trinajstić information content (AvgIpc) is 2.83. The van der Waals surface area contributed by atoms with Crippen molar-refractivity contribution in [1.82, 2.24) is 0 Å². The van der Waals surface area contributed by atoms with Crippen molar-refractivity contribution < 1.29 is 9.16 Å². The van der Waals surface area contributed by atoms with E-state index in [4.69, 9.17) is 9.16 Å². The lowest BCUT2D eigenvalue weighted by Gasteiger charge is -2.53. The summed E-state index contributed by atoms with van der Waals surface area (Å²) in [5, 5.41) is 1.66. The Hall–Kier alpha value is 0.00753. The molecule has 0 saturated heterocycles. The van der Waals surface area contributed by atoms with Crippen LogP contribution < -0.4 is 5.19 Å². The molecule has 1 aliphatic heterocycles. The molecule has 0 aromatic heterocycles. The van der Waals surface area contributed by atoms with Gasteiger partial charge in [0.25, 0.3) is 0 Å².